The van der Waals surface area contributed by atoms with E-state index in [1.165, 1.54) is 0 Å². The number of aromatic nitrogens is 2. The van der Waals surface area contributed by atoms with Gasteiger partial charge in [0, 0.05) is 30.6 Å². The van der Waals surface area contributed by atoms with Gasteiger partial charge in [-0.1, -0.05) is 0 Å². The van der Waals surface area contributed by atoms with Crippen LogP contribution >= 0.6 is 0 Å². The van der Waals surface area contributed by atoms with Gasteiger partial charge >= 0.3 is 0 Å². The van der Waals surface area contributed by atoms with Gasteiger partial charge in [-0.3, -0.25) is 9.48 Å². The molecule has 2 rings (SSSR count). The van der Waals surface area contributed by atoms with E-state index in [1.807, 2.05) is 19.2 Å². The quantitative estimate of drug-likeness (QED) is 0.887. The van der Waals surface area contributed by atoms with Crippen LogP contribution in [-0.2, 0) is 4.79 Å². The highest BCUT2D eigenvalue weighted by Crippen LogP contribution is 2.29. The van der Waals surface area contributed by atoms with E-state index in [-0.39, 0.29) is 11.9 Å². The molecule has 21 heavy (non-hydrogen) atoms. The van der Waals surface area contributed by atoms with Crippen LogP contribution in [0.25, 0.3) is 0 Å². The Kier molecular flexibility index (Phi) is 4.81. The number of ether oxygens (including phenoxy) is 2. The van der Waals surface area contributed by atoms with E-state index in [1.54, 1.807) is 43.3 Å². The summed E-state index contributed by atoms with van der Waals surface area (Å²) in [7, 11) is 3.13. The van der Waals surface area contributed by atoms with Gasteiger partial charge in [-0.25, -0.2) is 0 Å². The Labute approximate surface area is 123 Å². The first-order valence-electron chi connectivity index (χ1n) is 6.65. The molecule has 0 bridgehead atoms. The maximum absolute atomic E-state index is 12.0. The maximum atomic E-state index is 12.0. The molecule has 0 spiro atoms. The molecule has 6 heteroatoms. The lowest BCUT2D eigenvalue weighted by molar-refractivity contribution is -0.116. The Hall–Kier alpha value is -2.50. The van der Waals surface area contributed by atoms with Gasteiger partial charge in [-0.05, 0) is 25.1 Å². The number of nitrogens with zero attached hydrogens (tertiary/aromatic N) is 2. The van der Waals surface area contributed by atoms with Crippen LogP contribution in [0.15, 0.2) is 36.7 Å². The summed E-state index contributed by atoms with van der Waals surface area (Å²) in [5.41, 5.74) is 0.672. The van der Waals surface area contributed by atoms with Crippen LogP contribution in [0, 0.1) is 0 Å². The third kappa shape index (κ3) is 3.75. The second-order valence-corrected chi connectivity index (χ2v) is 4.66. The predicted octanol–water partition coefficient (Wildman–Crippen LogP) is 2.49. The number of anilines is 1. The minimum atomic E-state index is -0.0785. The van der Waals surface area contributed by atoms with Gasteiger partial charge in [0.05, 0.1) is 20.3 Å². The second-order valence-electron chi connectivity index (χ2n) is 4.66. The summed E-state index contributed by atoms with van der Waals surface area (Å²) in [4.78, 5) is 12.0. The Balaban J connectivity index is 1.99. The van der Waals surface area contributed by atoms with Crippen LogP contribution in [0.1, 0.15) is 19.4 Å². The zero-order chi connectivity index (χ0) is 15.2. The van der Waals surface area contributed by atoms with Crippen LogP contribution in [0.2, 0.25) is 0 Å². The summed E-state index contributed by atoms with van der Waals surface area (Å²) < 4.78 is 12.1. The molecule has 1 aromatic carbocycles. The summed E-state index contributed by atoms with van der Waals surface area (Å²) in [5, 5.41) is 6.97. The van der Waals surface area contributed by atoms with Crippen LogP contribution < -0.4 is 14.8 Å². The van der Waals surface area contributed by atoms with Gasteiger partial charge in [0.15, 0.2) is 11.5 Å². The second kappa shape index (κ2) is 6.78. The summed E-state index contributed by atoms with van der Waals surface area (Å²) in [6, 6.07) is 7.10. The molecule has 1 heterocycles. The Bertz CT molecular complexity index is 596. The molecule has 0 saturated carbocycles. The molecule has 6 nitrogen and oxygen atoms in total. The molecule has 1 aromatic heterocycles. The molecule has 0 saturated heterocycles. The molecule has 1 unspecified atom stereocenters. The van der Waals surface area contributed by atoms with Gasteiger partial charge in [-0.15, -0.1) is 0 Å². The van der Waals surface area contributed by atoms with Gasteiger partial charge in [0.25, 0.3) is 0 Å². The van der Waals surface area contributed by atoms with Gasteiger partial charge in [0.1, 0.15) is 0 Å². The van der Waals surface area contributed by atoms with E-state index < -0.39 is 0 Å². The molecule has 0 fully saturated rings. The highest BCUT2D eigenvalue weighted by atomic mass is 16.5. The van der Waals surface area contributed by atoms with Crippen LogP contribution in [0.3, 0.4) is 0 Å². The monoisotopic (exact) mass is 289 g/mol. The molecule has 2 aromatic rings. The summed E-state index contributed by atoms with van der Waals surface area (Å²) in [6.07, 6.45) is 3.88. The van der Waals surface area contributed by atoms with Crippen molar-refractivity contribution in [3.63, 3.8) is 0 Å². The van der Waals surface area contributed by atoms with E-state index in [2.05, 4.69) is 10.4 Å². The van der Waals surface area contributed by atoms with Crippen LogP contribution in [0.4, 0.5) is 5.69 Å². The van der Waals surface area contributed by atoms with Crippen LogP contribution in [0.5, 0.6) is 11.5 Å². The number of methoxy groups -OCH3 is 2. The Morgan fingerprint density at radius 2 is 2.10 bits per heavy atom. The largest absolute Gasteiger partial charge is 0.493 e. The fourth-order valence-electron chi connectivity index (χ4n) is 2.03. The SMILES string of the molecule is COc1ccc(NC(=O)CC(C)n2cccn2)cc1OC. The third-order valence-corrected chi connectivity index (χ3v) is 3.12. The standard InChI is InChI=1S/C15H19N3O3/c1-11(18-8-4-7-16-18)9-15(19)17-12-5-6-13(20-2)14(10-12)21-3/h4-8,10-11H,9H2,1-3H3,(H,17,19). The molecule has 0 aliphatic carbocycles. The van der Waals surface area contributed by atoms with Crippen molar-refractivity contribution in [3.05, 3.63) is 36.7 Å². The normalized spacial score (nSPS) is 11.8. The summed E-state index contributed by atoms with van der Waals surface area (Å²) >= 11 is 0. The van der Waals surface area contributed by atoms with Crippen molar-refractivity contribution >= 4 is 11.6 Å². The van der Waals surface area contributed by atoms with Crippen molar-refractivity contribution in [1.82, 2.24) is 9.78 Å². The number of carbonyl (C=O) groups is 1. The molecular formula is C15H19N3O3. The third-order valence-electron chi connectivity index (χ3n) is 3.12. The number of amides is 1. The first kappa shape index (κ1) is 14.9. The Morgan fingerprint density at radius 3 is 2.71 bits per heavy atom. The number of hydrogen-bond donors (Lipinski definition) is 1. The molecule has 1 amide bonds. The van der Waals surface area contributed by atoms with E-state index >= 15 is 0 Å². The topological polar surface area (TPSA) is 65.4 Å². The summed E-state index contributed by atoms with van der Waals surface area (Å²) in [6.45, 7) is 1.95. The van der Waals surface area contributed by atoms with E-state index in [9.17, 15) is 4.79 Å². The number of nitrogens with one attached hydrogen (secondary N) is 1. The highest BCUT2D eigenvalue weighted by molar-refractivity contribution is 5.91. The fourth-order valence-corrected chi connectivity index (χ4v) is 2.03. The van der Waals surface area contributed by atoms with E-state index in [4.69, 9.17) is 9.47 Å². The fraction of sp³-hybridized carbons (Fsp3) is 0.333. The van der Waals surface area contributed by atoms with Crippen molar-refractivity contribution in [3.8, 4) is 11.5 Å². The number of benzene rings is 1. The van der Waals surface area contributed by atoms with Gasteiger partial charge in [-0.2, -0.15) is 5.10 Å². The molecule has 0 aliphatic heterocycles. The lowest BCUT2D eigenvalue weighted by Gasteiger charge is -2.13. The lowest BCUT2D eigenvalue weighted by atomic mass is 10.2. The molecule has 1 N–H and O–H groups in total. The highest BCUT2D eigenvalue weighted by Gasteiger charge is 2.12. The van der Waals surface area contributed by atoms with Crippen molar-refractivity contribution < 1.29 is 14.3 Å². The average Bonchev–Trinajstić information content (AvgIpc) is 3.01. The number of hydrogen-bond acceptors (Lipinski definition) is 4. The van der Waals surface area contributed by atoms with Gasteiger partial charge in [0.2, 0.25) is 5.91 Å². The van der Waals surface area contributed by atoms with Crippen molar-refractivity contribution in [2.75, 3.05) is 19.5 Å². The average molecular weight is 289 g/mol. The molecule has 1 atom stereocenters. The molecular weight excluding hydrogens is 270 g/mol. The number of carbonyl (C=O) groups excluding carboxylic acids is 1. The van der Waals surface area contributed by atoms with E-state index in [0.717, 1.165) is 0 Å². The number of rotatable bonds is 6. The molecule has 0 radical (unpaired) electrons. The smallest absolute Gasteiger partial charge is 0.226 e. The van der Waals surface area contributed by atoms with Crippen molar-refractivity contribution in [2.24, 2.45) is 0 Å². The summed E-state index contributed by atoms with van der Waals surface area (Å²) in [5.74, 6) is 1.13. The molecule has 112 valence electrons. The van der Waals surface area contributed by atoms with Crippen molar-refractivity contribution in [1.29, 1.82) is 0 Å². The zero-order valence-electron chi connectivity index (χ0n) is 12.4. The Morgan fingerprint density at radius 1 is 1.33 bits per heavy atom. The van der Waals surface area contributed by atoms with Crippen LogP contribution in [-0.4, -0.2) is 29.9 Å². The first-order chi connectivity index (χ1) is 10.1. The molecule has 0 aliphatic rings. The zero-order valence-corrected chi connectivity index (χ0v) is 12.4. The minimum Gasteiger partial charge on any atom is -0.493 e. The van der Waals surface area contributed by atoms with E-state index in [0.29, 0.717) is 23.6 Å². The first-order valence-corrected chi connectivity index (χ1v) is 6.65. The predicted molar refractivity (Wildman–Crippen MR) is 79.7 cm³/mol. The lowest BCUT2D eigenvalue weighted by Crippen LogP contribution is -2.17. The minimum absolute atomic E-state index is 0.000133. The van der Waals surface area contributed by atoms with Gasteiger partial charge < -0.3 is 14.8 Å². The maximum Gasteiger partial charge on any atom is 0.226 e. The van der Waals surface area contributed by atoms with Crippen molar-refractivity contribution in [2.45, 2.75) is 19.4 Å².